The maximum Gasteiger partial charge on any atom is 0.215 e. The lowest BCUT2D eigenvalue weighted by Crippen LogP contribution is -1.92. The minimum absolute atomic E-state index is 0.137. The van der Waals surface area contributed by atoms with Crippen molar-refractivity contribution in [1.29, 1.82) is 0 Å². The summed E-state index contributed by atoms with van der Waals surface area (Å²) >= 11 is 13.8. The first kappa shape index (κ1) is 16.9. The summed E-state index contributed by atoms with van der Waals surface area (Å²) in [7, 11) is 0. The van der Waals surface area contributed by atoms with Gasteiger partial charge in [-0.15, -0.1) is 11.3 Å². The topological polar surface area (TPSA) is 37.5 Å². The van der Waals surface area contributed by atoms with E-state index in [4.69, 9.17) is 12.2 Å². The van der Waals surface area contributed by atoms with Crippen LogP contribution in [0.15, 0.2) is 56.4 Å². The van der Waals surface area contributed by atoms with E-state index in [1.54, 1.807) is 4.57 Å². The number of aromatic nitrogens is 1. The number of fused-ring (bicyclic) bond motifs is 1. The van der Waals surface area contributed by atoms with E-state index in [1.807, 2.05) is 54.8 Å². The Morgan fingerprint density at radius 1 is 1.12 bits per heavy atom. The summed E-state index contributed by atoms with van der Waals surface area (Å²) in [5, 5.41) is 10.7. The third-order valence-corrected chi connectivity index (χ3v) is 6.07. The molecule has 1 N–H and O–H groups in total. The van der Waals surface area contributed by atoms with E-state index in [-0.39, 0.29) is 5.88 Å². The van der Waals surface area contributed by atoms with Crippen LogP contribution in [0.25, 0.3) is 17.3 Å². The van der Waals surface area contributed by atoms with Crippen molar-refractivity contribution >= 4 is 79.0 Å². The van der Waals surface area contributed by atoms with Crippen molar-refractivity contribution in [3.63, 3.8) is 0 Å². The first-order valence-corrected chi connectivity index (χ1v) is 10.1. The zero-order valence-electron chi connectivity index (χ0n) is 12.6. The summed E-state index contributed by atoms with van der Waals surface area (Å²) < 4.78 is 4.18. The van der Waals surface area contributed by atoms with Crippen LogP contribution in [-0.2, 0) is 0 Å². The van der Waals surface area contributed by atoms with E-state index in [0.717, 1.165) is 31.5 Å². The maximum atomic E-state index is 10.7. The second-order valence-electron chi connectivity index (χ2n) is 5.39. The molecule has 3 nitrogen and oxygen atoms in total. The molecule has 0 aliphatic carbocycles. The van der Waals surface area contributed by atoms with Crippen LogP contribution in [0.3, 0.4) is 0 Å². The molecule has 1 aliphatic heterocycles. The fraction of sp³-hybridized carbons (Fsp3) is 0. The number of benzene rings is 2. The minimum atomic E-state index is 0.137. The van der Waals surface area contributed by atoms with Crippen LogP contribution >= 0.6 is 55.4 Å². The number of aromatic hydroxyl groups is 1. The Morgan fingerprint density at radius 2 is 1.92 bits per heavy atom. The van der Waals surface area contributed by atoms with Crippen molar-refractivity contribution in [3.05, 3.63) is 65.8 Å². The van der Waals surface area contributed by atoms with Gasteiger partial charge in [-0.25, -0.2) is 0 Å². The van der Waals surface area contributed by atoms with Crippen molar-refractivity contribution in [1.82, 2.24) is 4.57 Å². The lowest BCUT2D eigenvalue weighted by molar-refractivity contribution is 0.441. The van der Waals surface area contributed by atoms with E-state index in [0.29, 0.717) is 8.83 Å². The van der Waals surface area contributed by atoms with Crippen LogP contribution in [0, 0.1) is 3.95 Å². The van der Waals surface area contributed by atoms with Crippen LogP contribution in [0.5, 0.6) is 5.88 Å². The standard InChI is InChI=1S/C18H10Br2N2OS2/c19-11-2-1-3-13(7-11)22-17(23)16(25-18(22)24)6-10-9-21-15-5-4-12(20)8-14(10)15/h1-9,23H. The highest BCUT2D eigenvalue weighted by Gasteiger charge is 2.16. The van der Waals surface area contributed by atoms with Crippen LogP contribution < -0.4 is 0 Å². The van der Waals surface area contributed by atoms with Gasteiger partial charge in [-0.2, -0.15) is 0 Å². The fourth-order valence-electron chi connectivity index (χ4n) is 2.64. The SMILES string of the molecule is Oc1c(C=C2C=Nc3ccc(Br)cc32)sc(=S)n1-c1cccc(Br)c1. The van der Waals surface area contributed by atoms with Crippen molar-refractivity contribution in [2.45, 2.75) is 0 Å². The van der Waals surface area contributed by atoms with Crippen molar-refractivity contribution < 1.29 is 5.11 Å². The highest BCUT2D eigenvalue weighted by atomic mass is 79.9. The molecule has 0 unspecified atom stereocenters. The zero-order chi connectivity index (χ0) is 17.6. The molecule has 7 heteroatoms. The number of allylic oxidation sites excluding steroid dienone is 1. The molecule has 0 spiro atoms. The van der Waals surface area contributed by atoms with Crippen LogP contribution in [0.2, 0.25) is 0 Å². The maximum absolute atomic E-state index is 10.7. The molecule has 0 saturated carbocycles. The predicted molar refractivity (Wildman–Crippen MR) is 114 cm³/mol. The molecule has 2 aromatic carbocycles. The first-order valence-electron chi connectivity index (χ1n) is 7.29. The minimum Gasteiger partial charge on any atom is -0.493 e. The lowest BCUT2D eigenvalue weighted by Gasteiger charge is -2.05. The normalized spacial score (nSPS) is 14.2. The average molecular weight is 494 g/mol. The smallest absolute Gasteiger partial charge is 0.215 e. The van der Waals surface area contributed by atoms with E-state index in [9.17, 15) is 5.11 Å². The summed E-state index contributed by atoms with van der Waals surface area (Å²) in [6.45, 7) is 0. The van der Waals surface area contributed by atoms with Crippen molar-refractivity contribution in [2.24, 2.45) is 4.99 Å². The highest BCUT2D eigenvalue weighted by Crippen LogP contribution is 2.38. The van der Waals surface area contributed by atoms with Gasteiger partial charge in [0, 0.05) is 26.3 Å². The van der Waals surface area contributed by atoms with Crippen molar-refractivity contribution in [2.75, 3.05) is 0 Å². The zero-order valence-corrected chi connectivity index (χ0v) is 17.4. The molecule has 0 radical (unpaired) electrons. The largest absolute Gasteiger partial charge is 0.493 e. The molecular weight excluding hydrogens is 484 g/mol. The molecule has 124 valence electrons. The first-order chi connectivity index (χ1) is 12.0. The van der Waals surface area contributed by atoms with Gasteiger partial charge in [0.25, 0.3) is 0 Å². The van der Waals surface area contributed by atoms with Gasteiger partial charge in [0.1, 0.15) is 0 Å². The van der Waals surface area contributed by atoms with E-state index < -0.39 is 0 Å². The molecule has 3 aromatic rings. The Bertz CT molecular complexity index is 1110. The molecular formula is C18H10Br2N2OS2. The van der Waals surface area contributed by atoms with E-state index in [1.165, 1.54) is 11.3 Å². The molecule has 0 bridgehead atoms. The van der Waals surface area contributed by atoms with E-state index in [2.05, 4.69) is 36.9 Å². The number of halogens is 2. The molecule has 0 amide bonds. The highest BCUT2D eigenvalue weighted by molar-refractivity contribution is 9.10. The third kappa shape index (κ3) is 3.17. The molecule has 1 aliphatic rings. The van der Waals surface area contributed by atoms with Crippen molar-refractivity contribution in [3.8, 4) is 11.6 Å². The van der Waals surface area contributed by atoms with Gasteiger partial charge < -0.3 is 5.11 Å². The quantitative estimate of drug-likeness (QED) is 0.400. The van der Waals surface area contributed by atoms with Crippen LogP contribution in [0.1, 0.15) is 10.4 Å². The van der Waals surface area contributed by atoms with Gasteiger partial charge in [0.05, 0.1) is 16.3 Å². The Hall–Kier alpha value is -1.54. The Morgan fingerprint density at radius 3 is 2.72 bits per heavy atom. The number of hydrogen-bond acceptors (Lipinski definition) is 4. The van der Waals surface area contributed by atoms with Gasteiger partial charge in [-0.1, -0.05) is 37.9 Å². The molecule has 25 heavy (non-hydrogen) atoms. The van der Waals surface area contributed by atoms with Crippen LogP contribution in [0.4, 0.5) is 5.69 Å². The third-order valence-electron chi connectivity index (χ3n) is 3.78. The molecule has 2 heterocycles. The molecule has 0 saturated heterocycles. The summed E-state index contributed by atoms with van der Waals surface area (Å²) in [5.74, 6) is 0.137. The monoisotopic (exact) mass is 492 g/mol. The number of hydrogen-bond donors (Lipinski definition) is 1. The van der Waals surface area contributed by atoms with Gasteiger partial charge in [-0.3, -0.25) is 9.56 Å². The number of rotatable bonds is 2. The van der Waals surface area contributed by atoms with Crippen LogP contribution in [-0.4, -0.2) is 15.9 Å². The summed E-state index contributed by atoms with van der Waals surface area (Å²) in [5.41, 5.74) is 3.72. The summed E-state index contributed by atoms with van der Waals surface area (Å²) in [6, 6.07) is 13.6. The predicted octanol–water partition coefficient (Wildman–Crippen LogP) is 6.76. The van der Waals surface area contributed by atoms with E-state index >= 15 is 0 Å². The molecule has 0 atom stereocenters. The second-order valence-corrected chi connectivity index (χ2v) is 8.90. The molecule has 0 fully saturated rings. The number of nitrogens with zero attached hydrogens (tertiary/aromatic N) is 2. The number of thiazole rings is 1. The fourth-order valence-corrected chi connectivity index (χ4v) is 4.69. The van der Waals surface area contributed by atoms with Gasteiger partial charge in [-0.05, 0) is 54.7 Å². The summed E-state index contributed by atoms with van der Waals surface area (Å²) in [6.07, 6.45) is 3.73. The average Bonchev–Trinajstić information content (AvgIpc) is 3.09. The van der Waals surface area contributed by atoms with Gasteiger partial charge in [0.15, 0.2) is 3.95 Å². The Labute approximate surface area is 170 Å². The number of aliphatic imine (C=N–C) groups is 1. The van der Waals surface area contributed by atoms with Gasteiger partial charge >= 0.3 is 0 Å². The van der Waals surface area contributed by atoms with Gasteiger partial charge in [0.2, 0.25) is 5.88 Å². The second kappa shape index (κ2) is 6.64. The lowest BCUT2D eigenvalue weighted by atomic mass is 10.1. The Balaban J connectivity index is 1.82. The summed E-state index contributed by atoms with van der Waals surface area (Å²) in [4.78, 5) is 5.12. The molecule has 1 aromatic heterocycles. The molecule has 4 rings (SSSR count). The Kier molecular flexibility index (Phi) is 4.49.